The van der Waals surface area contributed by atoms with Crippen molar-refractivity contribution in [1.29, 1.82) is 0 Å². The van der Waals surface area contributed by atoms with Crippen molar-refractivity contribution in [2.75, 3.05) is 13.7 Å². The first-order chi connectivity index (χ1) is 10.0. The minimum Gasteiger partial charge on any atom is -0.497 e. The van der Waals surface area contributed by atoms with Crippen molar-refractivity contribution in [3.63, 3.8) is 0 Å². The molecule has 1 heterocycles. The molecule has 1 aromatic rings. The van der Waals surface area contributed by atoms with E-state index in [2.05, 4.69) is 0 Å². The van der Waals surface area contributed by atoms with Crippen LogP contribution in [-0.2, 0) is 4.79 Å². The molecule has 118 valence electrons. The number of ether oxygens (including phenoxy) is 1. The molecule has 0 bridgehead atoms. The molecule has 1 saturated heterocycles. The van der Waals surface area contributed by atoms with Crippen molar-refractivity contribution in [2.24, 2.45) is 5.92 Å². The SMILES string of the molecule is CC.COc1ccc(C(C)N2CC([C@H](C)O)CC2=O)cc1. The number of rotatable bonds is 4. The summed E-state index contributed by atoms with van der Waals surface area (Å²) in [5, 5.41) is 9.61. The highest BCUT2D eigenvalue weighted by Crippen LogP contribution is 2.30. The number of likely N-dealkylation sites (tertiary alicyclic amines) is 1. The number of hydrogen-bond donors (Lipinski definition) is 1. The maximum atomic E-state index is 12.0. The van der Waals surface area contributed by atoms with E-state index in [9.17, 15) is 9.90 Å². The molecule has 0 aliphatic carbocycles. The van der Waals surface area contributed by atoms with Gasteiger partial charge in [-0.2, -0.15) is 0 Å². The topological polar surface area (TPSA) is 49.8 Å². The van der Waals surface area contributed by atoms with Crippen molar-refractivity contribution in [1.82, 2.24) is 4.90 Å². The molecule has 21 heavy (non-hydrogen) atoms. The molecule has 0 radical (unpaired) electrons. The Hall–Kier alpha value is -1.55. The van der Waals surface area contributed by atoms with E-state index in [1.54, 1.807) is 14.0 Å². The van der Waals surface area contributed by atoms with Gasteiger partial charge in [-0.25, -0.2) is 0 Å². The monoisotopic (exact) mass is 293 g/mol. The second-order valence-corrected chi connectivity index (χ2v) is 5.20. The lowest BCUT2D eigenvalue weighted by atomic mass is 10.0. The Bertz CT molecular complexity index is 442. The zero-order valence-electron chi connectivity index (χ0n) is 13.7. The van der Waals surface area contributed by atoms with Crippen molar-refractivity contribution < 1.29 is 14.6 Å². The fourth-order valence-corrected chi connectivity index (χ4v) is 2.52. The third-order valence-corrected chi connectivity index (χ3v) is 3.94. The van der Waals surface area contributed by atoms with Gasteiger partial charge in [0.25, 0.3) is 0 Å². The molecule has 1 aliphatic heterocycles. The lowest BCUT2D eigenvalue weighted by Crippen LogP contribution is -2.29. The van der Waals surface area contributed by atoms with Crippen LogP contribution >= 0.6 is 0 Å². The van der Waals surface area contributed by atoms with Crippen LogP contribution in [0.5, 0.6) is 5.75 Å². The van der Waals surface area contributed by atoms with Gasteiger partial charge in [0.2, 0.25) is 5.91 Å². The fraction of sp³-hybridized carbons (Fsp3) is 0.588. The van der Waals surface area contributed by atoms with Crippen LogP contribution in [0.25, 0.3) is 0 Å². The van der Waals surface area contributed by atoms with Crippen LogP contribution in [0.15, 0.2) is 24.3 Å². The summed E-state index contributed by atoms with van der Waals surface area (Å²) in [7, 11) is 1.63. The molecule has 1 N–H and O–H groups in total. The summed E-state index contributed by atoms with van der Waals surface area (Å²) in [4.78, 5) is 13.9. The summed E-state index contributed by atoms with van der Waals surface area (Å²) in [6, 6.07) is 7.79. The maximum Gasteiger partial charge on any atom is 0.223 e. The number of amides is 1. The highest BCUT2D eigenvalue weighted by Gasteiger charge is 2.35. The van der Waals surface area contributed by atoms with Gasteiger partial charge in [0.15, 0.2) is 0 Å². The summed E-state index contributed by atoms with van der Waals surface area (Å²) in [6.07, 6.45) is 0.00930. The maximum absolute atomic E-state index is 12.0. The van der Waals surface area contributed by atoms with E-state index in [4.69, 9.17) is 4.74 Å². The van der Waals surface area contributed by atoms with Crippen LogP contribution in [-0.4, -0.2) is 35.7 Å². The Labute approximate surface area is 127 Å². The summed E-state index contributed by atoms with van der Waals surface area (Å²) >= 11 is 0. The van der Waals surface area contributed by atoms with Gasteiger partial charge >= 0.3 is 0 Å². The third kappa shape index (κ3) is 4.21. The van der Waals surface area contributed by atoms with E-state index in [1.165, 1.54) is 0 Å². The first-order valence-electron chi connectivity index (χ1n) is 7.64. The first-order valence-corrected chi connectivity index (χ1v) is 7.64. The molecule has 2 unspecified atom stereocenters. The van der Waals surface area contributed by atoms with E-state index in [1.807, 2.05) is 49.9 Å². The van der Waals surface area contributed by atoms with Crippen LogP contribution in [0, 0.1) is 5.92 Å². The molecule has 0 spiro atoms. The summed E-state index contributed by atoms with van der Waals surface area (Å²) in [6.45, 7) is 8.40. The number of aliphatic hydroxyl groups excluding tert-OH is 1. The van der Waals surface area contributed by atoms with E-state index < -0.39 is 6.10 Å². The van der Waals surface area contributed by atoms with Crippen LogP contribution in [0.3, 0.4) is 0 Å². The zero-order valence-corrected chi connectivity index (χ0v) is 13.7. The number of carbonyl (C=O) groups is 1. The van der Waals surface area contributed by atoms with Gasteiger partial charge in [0.1, 0.15) is 5.75 Å². The molecule has 3 atom stereocenters. The Balaban J connectivity index is 0.00000106. The van der Waals surface area contributed by atoms with Gasteiger partial charge in [-0.3, -0.25) is 4.79 Å². The summed E-state index contributed by atoms with van der Waals surface area (Å²) in [5.74, 6) is 0.980. The molecule has 1 amide bonds. The molecular weight excluding hydrogens is 266 g/mol. The quantitative estimate of drug-likeness (QED) is 0.928. The first kappa shape index (κ1) is 17.5. The molecule has 0 saturated carbocycles. The van der Waals surface area contributed by atoms with Gasteiger partial charge in [0, 0.05) is 18.9 Å². The van der Waals surface area contributed by atoms with Crippen molar-refractivity contribution in [2.45, 2.75) is 46.3 Å². The minimum atomic E-state index is -0.433. The standard InChI is InChI=1S/C15H21NO3.C2H6/c1-10(12-4-6-14(19-3)7-5-12)16-9-13(11(2)17)8-15(16)18;1-2/h4-7,10-11,13,17H,8-9H2,1-3H3;1-2H3/t10?,11-,13?;/m0./s1. The Morgan fingerprint density at radius 3 is 2.24 bits per heavy atom. The summed E-state index contributed by atoms with van der Waals surface area (Å²) < 4.78 is 5.13. The second-order valence-electron chi connectivity index (χ2n) is 5.20. The van der Waals surface area contributed by atoms with Crippen LogP contribution in [0.4, 0.5) is 0 Å². The van der Waals surface area contributed by atoms with E-state index >= 15 is 0 Å². The number of methoxy groups -OCH3 is 1. The lowest BCUT2D eigenvalue weighted by Gasteiger charge is -2.25. The Kier molecular flexibility index (Phi) is 6.69. The Morgan fingerprint density at radius 1 is 1.24 bits per heavy atom. The smallest absolute Gasteiger partial charge is 0.223 e. The second kappa shape index (κ2) is 8.03. The third-order valence-electron chi connectivity index (χ3n) is 3.94. The van der Waals surface area contributed by atoms with Gasteiger partial charge in [-0.1, -0.05) is 26.0 Å². The number of carbonyl (C=O) groups excluding carboxylic acids is 1. The van der Waals surface area contributed by atoms with Crippen molar-refractivity contribution in [3.8, 4) is 5.75 Å². The summed E-state index contributed by atoms with van der Waals surface area (Å²) in [5.41, 5.74) is 1.08. The fourth-order valence-electron chi connectivity index (χ4n) is 2.52. The number of benzene rings is 1. The molecule has 1 aliphatic rings. The molecule has 1 aromatic carbocycles. The van der Waals surface area contributed by atoms with E-state index in [0.717, 1.165) is 11.3 Å². The van der Waals surface area contributed by atoms with Crippen LogP contribution < -0.4 is 4.74 Å². The lowest BCUT2D eigenvalue weighted by molar-refractivity contribution is -0.129. The van der Waals surface area contributed by atoms with Crippen LogP contribution in [0.1, 0.15) is 45.7 Å². The molecule has 4 nitrogen and oxygen atoms in total. The van der Waals surface area contributed by atoms with Gasteiger partial charge < -0.3 is 14.7 Å². The predicted molar refractivity (Wildman–Crippen MR) is 84.3 cm³/mol. The highest BCUT2D eigenvalue weighted by atomic mass is 16.5. The van der Waals surface area contributed by atoms with Crippen molar-refractivity contribution >= 4 is 5.91 Å². The van der Waals surface area contributed by atoms with Crippen LogP contribution in [0.2, 0.25) is 0 Å². The average Bonchev–Trinajstić information content (AvgIpc) is 2.91. The molecule has 0 aromatic heterocycles. The van der Waals surface area contributed by atoms with Gasteiger partial charge in [-0.05, 0) is 31.5 Å². The number of nitrogens with zero attached hydrogens (tertiary/aromatic N) is 1. The predicted octanol–water partition coefficient (Wildman–Crippen LogP) is 3.01. The van der Waals surface area contributed by atoms with Gasteiger partial charge in [0.05, 0.1) is 19.3 Å². The average molecular weight is 293 g/mol. The Morgan fingerprint density at radius 2 is 1.81 bits per heavy atom. The molecule has 1 fully saturated rings. The largest absolute Gasteiger partial charge is 0.497 e. The molecule has 4 heteroatoms. The van der Waals surface area contributed by atoms with Gasteiger partial charge in [-0.15, -0.1) is 0 Å². The van der Waals surface area contributed by atoms with E-state index in [-0.39, 0.29) is 17.9 Å². The normalized spacial score (nSPS) is 20.6. The number of hydrogen-bond acceptors (Lipinski definition) is 3. The minimum absolute atomic E-state index is 0.0298. The molecule has 2 rings (SSSR count). The molecular formula is C17H27NO3. The highest BCUT2D eigenvalue weighted by molar-refractivity contribution is 5.79. The number of aliphatic hydroxyl groups is 1. The van der Waals surface area contributed by atoms with E-state index in [0.29, 0.717) is 13.0 Å². The van der Waals surface area contributed by atoms with Crippen molar-refractivity contribution in [3.05, 3.63) is 29.8 Å². The zero-order chi connectivity index (χ0) is 16.0.